The summed E-state index contributed by atoms with van der Waals surface area (Å²) in [5, 5.41) is 5.92. The summed E-state index contributed by atoms with van der Waals surface area (Å²) in [6.07, 6.45) is 2.26. The molecule has 4 heteroatoms. The first-order chi connectivity index (χ1) is 11.6. The van der Waals surface area contributed by atoms with E-state index in [1.165, 1.54) is 11.1 Å². The van der Waals surface area contributed by atoms with Crippen LogP contribution >= 0.6 is 0 Å². The van der Waals surface area contributed by atoms with Crippen LogP contribution in [0.25, 0.3) is 0 Å². The fraction of sp³-hybridized carbons (Fsp3) is 0.350. The maximum absolute atomic E-state index is 12.1. The van der Waals surface area contributed by atoms with Crippen molar-refractivity contribution in [2.24, 2.45) is 0 Å². The first-order valence-corrected chi connectivity index (χ1v) is 8.34. The zero-order valence-corrected chi connectivity index (χ0v) is 14.3. The van der Waals surface area contributed by atoms with Crippen molar-refractivity contribution in [2.75, 3.05) is 13.7 Å². The Labute approximate surface area is 143 Å². The number of hydrogen-bond acceptors (Lipinski definition) is 2. The Hall–Kier alpha value is -2.49. The van der Waals surface area contributed by atoms with Crippen LogP contribution in [0.5, 0.6) is 5.75 Å². The molecule has 0 unspecified atom stereocenters. The predicted octanol–water partition coefficient (Wildman–Crippen LogP) is 3.53. The van der Waals surface area contributed by atoms with Gasteiger partial charge in [-0.3, -0.25) is 0 Å². The molecule has 0 radical (unpaired) electrons. The van der Waals surface area contributed by atoms with Crippen LogP contribution < -0.4 is 15.4 Å². The first kappa shape index (κ1) is 16.4. The molecule has 1 aliphatic carbocycles. The van der Waals surface area contributed by atoms with E-state index in [9.17, 15) is 4.79 Å². The molecular formula is C20H24N2O2. The molecule has 0 saturated heterocycles. The van der Waals surface area contributed by atoms with Gasteiger partial charge in [-0.15, -0.1) is 0 Å². The van der Waals surface area contributed by atoms with Crippen LogP contribution in [0, 0.1) is 6.92 Å². The van der Waals surface area contributed by atoms with Crippen LogP contribution in [0.4, 0.5) is 4.79 Å². The monoisotopic (exact) mass is 324 g/mol. The average molecular weight is 324 g/mol. The van der Waals surface area contributed by atoms with Crippen LogP contribution in [-0.2, 0) is 12.0 Å². The highest BCUT2D eigenvalue weighted by atomic mass is 16.5. The maximum Gasteiger partial charge on any atom is 0.315 e. The lowest BCUT2D eigenvalue weighted by Crippen LogP contribution is -2.39. The summed E-state index contributed by atoms with van der Waals surface area (Å²) in [5.41, 5.74) is 3.67. The summed E-state index contributed by atoms with van der Waals surface area (Å²) < 4.78 is 5.30. The molecule has 3 rings (SSSR count). The summed E-state index contributed by atoms with van der Waals surface area (Å²) in [6.45, 7) is 3.22. The smallest absolute Gasteiger partial charge is 0.315 e. The molecule has 2 aromatic carbocycles. The third kappa shape index (κ3) is 3.70. The number of aryl methyl sites for hydroxylation is 1. The third-order valence-corrected chi connectivity index (χ3v) is 4.74. The quantitative estimate of drug-likeness (QED) is 0.854. The number of hydrogen-bond donors (Lipinski definition) is 2. The molecule has 1 saturated carbocycles. The van der Waals surface area contributed by atoms with Gasteiger partial charge >= 0.3 is 6.03 Å². The van der Waals surface area contributed by atoms with Gasteiger partial charge in [0.1, 0.15) is 5.75 Å². The molecule has 126 valence electrons. The Balaban J connectivity index is 1.52. The maximum atomic E-state index is 12.1. The van der Waals surface area contributed by atoms with Crippen LogP contribution in [-0.4, -0.2) is 19.7 Å². The number of ether oxygens (including phenoxy) is 1. The zero-order chi connectivity index (χ0) is 17.0. The Bertz CT molecular complexity index is 706. The SMILES string of the molecule is COc1ccccc1CNC(=O)NCC1(c2ccc(C)cc2)CC1. The predicted molar refractivity (Wildman–Crippen MR) is 95.3 cm³/mol. The molecule has 2 aromatic rings. The molecule has 0 heterocycles. The molecule has 4 nitrogen and oxygen atoms in total. The van der Waals surface area contributed by atoms with E-state index < -0.39 is 0 Å². The largest absolute Gasteiger partial charge is 0.496 e. The minimum absolute atomic E-state index is 0.121. The lowest BCUT2D eigenvalue weighted by molar-refractivity contribution is 0.239. The second-order valence-electron chi connectivity index (χ2n) is 6.49. The molecule has 0 bridgehead atoms. The molecule has 0 spiro atoms. The van der Waals surface area contributed by atoms with E-state index in [1.807, 2.05) is 24.3 Å². The molecular weight excluding hydrogens is 300 g/mol. The zero-order valence-electron chi connectivity index (χ0n) is 14.3. The minimum Gasteiger partial charge on any atom is -0.496 e. The molecule has 2 amide bonds. The van der Waals surface area contributed by atoms with Crippen LogP contribution in [0.15, 0.2) is 48.5 Å². The number of amides is 2. The highest BCUT2D eigenvalue weighted by molar-refractivity contribution is 5.74. The summed E-state index contributed by atoms with van der Waals surface area (Å²) in [6, 6.07) is 16.2. The van der Waals surface area contributed by atoms with Crippen molar-refractivity contribution >= 4 is 6.03 Å². The number of benzene rings is 2. The minimum atomic E-state index is -0.140. The van der Waals surface area contributed by atoms with Crippen LogP contribution in [0.1, 0.15) is 29.5 Å². The molecule has 24 heavy (non-hydrogen) atoms. The van der Waals surface area contributed by atoms with Crippen molar-refractivity contribution in [1.82, 2.24) is 10.6 Å². The Morgan fingerprint density at radius 2 is 1.79 bits per heavy atom. The molecule has 0 atom stereocenters. The number of carbonyl (C=O) groups excluding carboxylic acids is 1. The van der Waals surface area contributed by atoms with Crippen LogP contribution in [0.3, 0.4) is 0 Å². The van der Waals surface area contributed by atoms with E-state index >= 15 is 0 Å². The Kier molecular flexibility index (Phi) is 4.74. The van der Waals surface area contributed by atoms with E-state index in [-0.39, 0.29) is 11.4 Å². The van der Waals surface area contributed by atoms with Crippen molar-refractivity contribution in [2.45, 2.75) is 31.7 Å². The standard InChI is InChI=1S/C20H24N2O2/c1-15-7-9-17(10-8-15)20(11-12-20)14-22-19(23)21-13-16-5-3-4-6-18(16)24-2/h3-10H,11-14H2,1-2H3,(H2,21,22,23). The lowest BCUT2D eigenvalue weighted by atomic mass is 9.95. The normalized spacial score (nSPS) is 14.8. The number of para-hydroxylation sites is 1. The molecule has 0 aliphatic heterocycles. The van der Waals surface area contributed by atoms with Gasteiger partial charge in [0.25, 0.3) is 0 Å². The van der Waals surface area contributed by atoms with Crippen molar-refractivity contribution in [3.05, 3.63) is 65.2 Å². The number of methoxy groups -OCH3 is 1. The second kappa shape index (κ2) is 6.95. The fourth-order valence-electron chi connectivity index (χ4n) is 2.96. The highest BCUT2D eigenvalue weighted by Crippen LogP contribution is 2.47. The first-order valence-electron chi connectivity index (χ1n) is 8.34. The van der Waals surface area contributed by atoms with Gasteiger partial charge in [-0.25, -0.2) is 4.79 Å². The number of urea groups is 1. The summed E-state index contributed by atoms with van der Waals surface area (Å²) in [5.74, 6) is 0.788. The summed E-state index contributed by atoms with van der Waals surface area (Å²) in [4.78, 5) is 12.1. The fourth-order valence-corrected chi connectivity index (χ4v) is 2.96. The number of rotatable bonds is 6. The van der Waals surface area contributed by atoms with Crippen molar-refractivity contribution in [1.29, 1.82) is 0 Å². The Morgan fingerprint density at radius 1 is 1.08 bits per heavy atom. The van der Waals surface area contributed by atoms with E-state index in [0.717, 1.165) is 24.2 Å². The highest BCUT2D eigenvalue weighted by Gasteiger charge is 2.44. The van der Waals surface area contributed by atoms with E-state index in [1.54, 1.807) is 7.11 Å². The van der Waals surface area contributed by atoms with Gasteiger partial charge in [0.05, 0.1) is 7.11 Å². The topological polar surface area (TPSA) is 50.4 Å². The summed E-state index contributed by atoms with van der Waals surface area (Å²) >= 11 is 0. The second-order valence-corrected chi connectivity index (χ2v) is 6.49. The third-order valence-electron chi connectivity index (χ3n) is 4.74. The van der Waals surface area contributed by atoms with Crippen molar-refractivity contribution < 1.29 is 9.53 Å². The number of carbonyl (C=O) groups is 1. The van der Waals surface area contributed by atoms with Gasteiger partial charge in [0, 0.05) is 24.1 Å². The van der Waals surface area contributed by atoms with Crippen molar-refractivity contribution in [3.8, 4) is 5.75 Å². The van der Waals surface area contributed by atoms with Gasteiger partial charge < -0.3 is 15.4 Å². The van der Waals surface area contributed by atoms with Crippen LogP contribution in [0.2, 0.25) is 0 Å². The average Bonchev–Trinajstić information content (AvgIpc) is 3.40. The number of nitrogens with one attached hydrogen (secondary N) is 2. The summed E-state index contributed by atoms with van der Waals surface area (Å²) in [7, 11) is 1.64. The van der Waals surface area contributed by atoms with E-state index in [2.05, 4.69) is 41.8 Å². The Morgan fingerprint density at radius 3 is 2.46 bits per heavy atom. The van der Waals surface area contributed by atoms with Gasteiger partial charge in [0.15, 0.2) is 0 Å². The van der Waals surface area contributed by atoms with Gasteiger partial charge in [-0.2, -0.15) is 0 Å². The lowest BCUT2D eigenvalue weighted by Gasteiger charge is -2.17. The van der Waals surface area contributed by atoms with Gasteiger partial charge in [-0.1, -0.05) is 48.0 Å². The molecule has 2 N–H and O–H groups in total. The van der Waals surface area contributed by atoms with Gasteiger partial charge in [0.2, 0.25) is 0 Å². The van der Waals surface area contributed by atoms with Crippen molar-refractivity contribution in [3.63, 3.8) is 0 Å². The molecule has 1 aliphatic rings. The van der Waals surface area contributed by atoms with E-state index in [0.29, 0.717) is 13.1 Å². The molecule has 1 fully saturated rings. The molecule has 0 aromatic heterocycles. The van der Waals surface area contributed by atoms with E-state index in [4.69, 9.17) is 4.74 Å². The van der Waals surface area contributed by atoms with Gasteiger partial charge in [-0.05, 0) is 31.4 Å².